The molecule has 0 radical (unpaired) electrons. The van der Waals surface area contributed by atoms with Crippen LogP contribution in [0.4, 0.5) is 16.2 Å². The lowest BCUT2D eigenvalue weighted by Gasteiger charge is -2.19. The average molecular weight is 373 g/mol. The molecule has 7 heteroatoms. The number of carbonyl (C=O) groups excluding carboxylic acids is 1. The highest BCUT2D eigenvalue weighted by atomic mass is 32.2. The molecule has 2 amide bonds. The third kappa shape index (κ3) is 4.35. The lowest BCUT2D eigenvalue weighted by molar-refractivity contribution is 0.252. The lowest BCUT2D eigenvalue weighted by Crippen LogP contribution is -2.31. The van der Waals surface area contributed by atoms with Gasteiger partial charge in [-0.2, -0.15) is 0 Å². The Morgan fingerprint density at radius 3 is 2.62 bits per heavy atom. The molecule has 6 nitrogen and oxygen atoms in total. The zero-order valence-corrected chi connectivity index (χ0v) is 15.6. The zero-order valence-electron chi connectivity index (χ0n) is 14.7. The Kier molecular flexibility index (Phi) is 5.46. The van der Waals surface area contributed by atoms with E-state index in [0.717, 1.165) is 17.5 Å². The second-order valence-corrected chi connectivity index (χ2v) is 8.37. The number of hydrogen-bond donors (Lipinski definition) is 2. The van der Waals surface area contributed by atoms with Gasteiger partial charge < -0.3 is 10.6 Å². The molecule has 26 heavy (non-hydrogen) atoms. The number of aryl methyl sites for hydroxylation is 1. The highest BCUT2D eigenvalue weighted by molar-refractivity contribution is 7.93. The van der Waals surface area contributed by atoms with Gasteiger partial charge in [0, 0.05) is 18.8 Å². The van der Waals surface area contributed by atoms with Crippen LogP contribution >= 0.6 is 0 Å². The maximum absolute atomic E-state index is 12.2. The van der Waals surface area contributed by atoms with Gasteiger partial charge in [-0.3, -0.25) is 4.31 Å². The summed E-state index contributed by atoms with van der Waals surface area (Å²) < 4.78 is 25.6. The topological polar surface area (TPSA) is 78.5 Å². The van der Waals surface area contributed by atoms with Crippen molar-refractivity contribution >= 4 is 27.4 Å². The van der Waals surface area contributed by atoms with Crippen molar-refractivity contribution < 1.29 is 13.2 Å². The van der Waals surface area contributed by atoms with E-state index in [4.69, 9.17) is 0 Å². The molecule has 3 rings (SSSR count). The van der Waals surface area contributed by atoms with Crippen LogP contribution in [0.15, 0.2) is 48.5 Å². The second kappa shape index (κ2) is 7.78. The van der Waals surface area contributed by atoms with Gasteiger partial charge in [-0.15, -0.1) is 0 Å². The monoisotopic (exact) mass is 373 g/mol. The van der Waals surface area contributed by atoms with Crippen molar-refractivity contribution in [3.8, 4) is 0 Å². The lowest BCUT2D eigenvalue weighted by atomic mass is 10.1. The van der Waals surface area contributed by atoms with Crippen LogP contribution in [0.3, 0.4) is 0 Å². The van der Waals surface area contributed by atoms with Crippen LogP contribution in [0.1, 0.15) is 17.5 Å². The van der Waals surface area contributed by atoms with Crippen LogP contribution in [0, 0.1) is 6.92 Å². The number of rotatable bonds is 5. The van der Waals surface area contributed by atoms with Crippen molar-refractivity contribution in [2.45, 2.75) is 19.8 Å². The van der Waals surface area contributed by atoms with Crippen molar-refractivity contribution in [2.75, 3.05) is 28.5 Å². The van der Waals surface area contributed by atoms with Gasteiger partial charge in [-0.25, -0.2) is 13.2 Å². The number of carbonyl (C=O) groups is 1. The number of anilines is 2. The second-order valence-electron chi connectivity index (χ2n) is 6.36. The van der Waals surface area contributed by atoms with E-state index in [-0.39, 0.29) is 11.8 Å². The van der Waals surface area contributed by atoms with E-state index in [2.05, 4.69) is 10.6 Å². The number of nitrogens with one attached hydrogen (secondary N) is 2. The van der Waals surface area contributed by atoms with Gasteiger partial charge >= 0.3 is 6.03 Å². The number of hydrogen-bond acceptors (Lipinski definition) is 3. The minimum absolute atomic E-state index is 0.170. The summed E-state index contributed by atoms with van der Waals surface area (Å²) in [5.41, 5.74) is 3.24. The number of amides is 2. The fraction of sp³-hybridized carbons (Fsp3) is 0.316. The molecule has 2 N–H and O–H groups in total. The minimum Gasteiger partial charge on any atom is -0.338 e. The molecule has 0 spiro atoms. The van der Waals surface area contributed by atoms with E-state index in [1.807, 2.05) is 43.3 Å². The summed E-state index contributed by atoms with van der Waals surface area (Å²) in [5.74, 6) is 0.170. The summed E-state index contributed by atoms with van der Waals surface area (Å²) in [6, 6.07) is 14.9. The molecule has 0 atom stereocenters. The van der Waals surface area contributed by atoms with Crippen LogP contribution < -0.4 is 14.9 Å². The van der Waals surface area contributed by atoms with Crippen molar-refractivity contribution in [1.29, 1.82) is 0 Å². The minimum atomic E-state index is -3.24. The maximum atomic E-state index is 12.2. The Labute approximate surface area is 154 Å². The molecule has 2 aromatic rings. The molecule has 1 heterocycles. The molecule has 0 saturated carbocycles. The Morgan fingerprint density at radius 1 is 1.15 bits per heavy atom. The SMILES string of the molecule is Cc1ccc(N2CCCS2(=O)=O)cc1NC(=O)NCCc1ccccc1. The first-order valence-corrected chi connectivity index (χ1v) is 10.3. The van der Waals surface area contributed by atoms with Gasteiger partial charge in [-0.05, 0) is 43.0 Å². The summed E-state index contributed by atoms with van der Waals surface area (Å²) in [6.45, 7) is 2.88. The van der Waals surface area contributed by atoms with Crippen molar-refractivity contribution in [2.24, 2.45) is 0 Å². The van der Waals surface area contributed by atoms with E-state index in [9.17, 15) is 13.2 Å². The number of sulfonamides is 1. The van der Waals surface area contributed by atoms with Gasteiger partial charge in [0.1, 0.15) is 0 Å². The molecule has 2 aromatic carbocycles. The van der Waals surface area contributed by atoms with Crippen LogP contribution in [-0.4, -0.2) is 33.3 Å². The highest BCUT2D eigenvalue weighted by Gasteiger charge is 2.28. The van der Waals surface area contributed by atoms with Crippen molar-refractivity contribution in [3.05, 3.63) is 59.7 Å². The largest absolute Gasteiger partial charge is 0.338 e. The number of urea groups is 1. The zero-order chi connectivity index (χ0) is 18.6. The predicted molar refractivity (Wildman–Crippen MR) is 104 cm³/mol. The molecule has 0 bridgehead atoms. The fourth-order valence-electron chi connectivity index (χ4n) is 2.96. The van der Waals surface area contributed by atoms with Crippen LogP contribution in [0.25, 0.3) is 0 Å². The summed E-state index contributed by atoms with van der Waals surface area (Å²) in [5, 5.41) is 5.65. The third-order valence-corrected chi connectivity index (χ3v) is 6.27. The molecular weight excluding hydrogens is 350 g/mol. The first kappa shape index (κ1) is 18.3. The van der Waals surface area contributed by atoms with Gasteiger partial charge in [-0.1, -0.05) is 36.4 Å². The third-order valence-electron chi connectivity index (χ3n) is 4.40. The maximum Gasteiger partial charge on any atom is 0.319 e. The molecule has 1 aliphatic rings. The normalized spacial score (nSPS) is 15.7. The van der Waals surface area contributed by atoms with Crippen LogP contribution in [0.5, 0.6) is 0 Å². The van der Waals surface area contributed by atoms with E-state index >= 15 is 0 Å². The summed E-state index contributed by atoms with van der Waals surface area (Å²) in [7, 11) is -3.24. The Bertz CT molecular complexity index is 882. The molecule has 138 valence electrons. The van der Waals surface area contributed by atoms with E-state index in [1.54, 1.807) is 12.1 Å². The first-order chi connectivity index (χ1) is 12.5. The quantitative estimate of drug-likeness (QED) is 0.846. The highest BCUT2D eigenvalue weighted by Crippen LogP contribution is 2.28. The molecule has 1 saturated heterocycles. The first-order valence-electron chi connectivity index (χ1n) is 8.65. The van der Waals surface area contributed by atoms with Crippen molar-refractivity contribution in [1.82, 2.24) is 5.32 Å². The summed E-state index contributed by atoms with van der Waals surface area (Å²) in [4.78, 5) is 12.2. The fourth-order valence-corrected chi connectivity index (χ4v) is 4.52. The Hall–Kier alpha value is -2.54. The van der Waals surface area contributed by atoms with Crippen LogP contribution in [0.2, 0.25) is 0 Å². The molecule has 0 aromatic heterocycles. The number of nitrogens with zero attached hydrogens (tertiary/aromatic N) is 1. The summed E-state index contributed by atoms with van der Waals surface area (Å²) in [6.07, 6.45) is 1.37. The molecule has 1 aliphatic heterocycles. The molecule has 0 aliphatic carbocycles. The standard InChI is InChI=1S/C19H23N3O3S/c1-15-8-9-17(22-12-5-13-26(22,24)25)14-18(15)21-19(23)20-11-10-16-6-3-2-4-7-16/h2-4,6-9,14H,5,10-13H2,1H3,(H2,20,21,23). The van der Waals surface area contributed by atoms with Gasteiger partial charge in [0.05, 0.1) is 11.4 Å². The van der Waals surface area contributed by atoms with E-state index < -0.39 is 10.0 Å². The van der Waals surface area contributed by atoms with Gasteiger partial charge in [0.15, 0.2) is 0 Å². The smallest absolute Gasteiger partial charge is 0.319 e. The summed E-state index contributed by atoms with van der Waals surface area (Å²) >= 11 is 0. The molecular formula is C19H23N3O3S. The predicted octanol–water partition coefficient (Wildman–Crippen LogP) is 2.90. The van der Waals surface area contributed by atoms with Crippen molar-refractivity contribution in [3.63, 3.8) is 0 Å². The van der Waals surface area contributed by atoms with Gasteiger partial charge in [0.2, 0.25) is 10.0 Å². The van der Waals surface area contributed by atoms with Crippen LogP contribution in [-0.2, 0) is 16.4 Å². The van der Waals surface area contributed by atoms with E-state index in [0.29, 0.717) is 30.9 Å². The Balaban J connectivity index is 1.62. The number of benzene rings is 2. The molecule has 0 unspecified atom stereocenters. The average Bonchev–Trinajstić information content (AvgIpc) is 2.97. The molecule has 1 fully saturated rings. The van der Waals surface area contributed by atoms with Gasteiger partial charge in [0.25, 0.3) is 0 Å². The van der Waals surface area contributed by atoms with E-state index in [1.165, 1.54) is 4.31 Å². The Morgan fingerprint density at radius 2 is 1.92 bits per heavy atom.